The number of ether oxygens (including phenoxy) is 1. The predicted molar refractivity (Wildman–Crippen MR) is 68.5 cm³/mol. The van der Waals surface area contributed by atoms with Crippen LogP contribution in [0.3, 0.4) is 0 Å². The van der Waals surface area contributed by atoms with Gasteiger partial charge in [0.25, 0.3) is 0 Å². The van der Waals surface area contributed by atoms with E-state index < -0.39 is 0 Å². The van der Waals surface area contributed by atoms with Crippen LogP contribution in [0.25, 0.3) is 0 Å². The summed E-state index contributed by atoms with van der Waals surface area (Å²) in [6, 6.07) is 1.18. The topological polar surface area (TPSA) is 63.4 Å². The Morgan fingerprint density at radius 3 is 2.94 bits per heavy atom. The van der Waals surface area contributed by atoms with E-state index in [1.807, 2.05) is 0 Å². The Kier molecular flexibility index (Phi) is 4.95. The largest absolute Gasteiger partial charge is 0.407 e. The molecule has 1 saturated carbocycles. The van der Waals surface area contributed by atoms with Gasteiger partial charge in [0.1, 0.15) is 0 Å². The van der Waals surface area contributed by atoms with Crippen molar-refractivity contribution in [3.8, 4) is 0 Å². The molecule has 0 radical (unpaired) electrons. The quantitative estimate of drug-likeness (QED) is 0.668. The van der Waals surface area contributed by atoms with Crippen LogP contribution in [0.2, 0.25) is 0 Å². The molecule has 0 bridgehead atoms. The minimum atomic E-state index is 0.553. The summed E-state index contributed by atoms with van der Waals surface area (Å²) in [7, 11) is 1.71. The van der Waals surface area contributed by atoms with Gasteiger partial charge in [-0.25, -0.2) is 0 Å². The summed E-state index contributed by atoms with van der Waals surface area (Å²) < 4.78 is 10.8. The smallest absolute Gasteiger partial charge is 0.318 e. The van der Waals surface area contributed by atoms with Gasteiger partial charge in [-0.2, -0.15) is 0 Å². The van der Waals surface area contributed by atoms with Crippen molar-refractivity contribution >= 4 is 6.01 Å². The molecule has 1 aromatic rings. The van der Waals surface area contributed by atoms with E-state index in [1.54, 1.807) is 7.11 Å². The van der Waals surface area contributed by atoms with Crippen LogP contribution in [0.15, 0.2) is 4.42 Å². The van der Waals surface area contributed by atoms with Crippen LogP contribution >= 0.6 is 0 Å². The minimum absolute atomic E-state index is 0.553. The first-order valence-electron chi connectivity index (χ1n) is 6.63. The minimum Gasteiger partial charge on any atom is -0.407 e. The van der Waals surface area contributed by atoms with Crippen molar-refractivity contribution < 1.29 is 9.15 Å². The SMILES string of the molecule is CCCNCc1nnc(N(CCOC)C2CC2)o1. The number of aromatic nitrogens is 2. The molecule has 0 saturated heterocycles. The highest BCUT2D eigenvalue weighted by molar-refractivity contribution is 5.29. The highest BCUT2D eigenvalue weighted by Gasteiger charge is 2.32. The highest BCUT2D eigenvalue weighted by atomic mass is 16.5. The maximum absolute atomic E-state index is 5.68. The van der Waals surface area contributed by atoms with Gasteiger partial charge in [0, 0.05) is 19.7 Å². The second kappa shape index (κ2) is 6.70. The lowest BCUT2D eigenvalue weighted by Crippen LogP contribution is -2.29. The molecule has 6 heteroatoms. The van der Waals surface area contributed by atoms with E-state index in [1.165, 1.54) is 12.8 Å². The number of hydrogen-bond acceptors (Lipinski definition) is 6. The summed E-state index contributed by atoms with van der Waals surface area (Å²) in [5.74, 6) is 0.654. The number of hydrogen-bond donors (Lipinski definition) is 1. The molecule has 0 atom stereocenters. The standard InChI is InChI=1S/C12H22N4O2/c1-3-6-13-9-11-14-15-12(18-11)16(7-8-17-2)10-4-5-10/h10,13H,3-9H2,1-2H3. The molecule has 102 valence electrons. The van der Waals surface area contributed by atoms with E-state index in [-0.39, 0.29) is 0 Å². The molecule has 1 aromatic heterocycles. The number of methoxy groups -OCH3 is 1. The van der Waals surface area contributed by atoms with Gasteiger partial charge in [-0.15, -0.1) is 5.10 Å². The van der Waals surface area contributed by atoms with Crippen molar-refractivity contribution in [3.05, 3.63) is 5.89 Å². The maximum Gasteiger partial charge on any atom is 0.318 e. The van der Waals surface area contributed by atoms with Gasteiger partial charge in [0.15, 0.2) is 0 Å². The van der Waals surface area contributed by atoms with Crippen molar-refractivity contribution in [2.45, 2.75) is 38.8 Å². The molecule has 0 aliphatic heterocycles. The molecular formula is C12H22N4O2. The van der Waals surface area contributed by atoms with Gasteiger partial charge < -0.3 is 19.4 Å². The molecule has 1 aliphatic rings. The molecule has 0 unspecified atom stereocenters. The summed E-state index contributed by atoms with van der Waals surface area (Å²) in [6.45, 7) is 5.23. The first-order valence-corrected chi connectivity index (χ1v) is 6.63. The van der Waals surface area contributed by atoms with Crippen molar-refractivity contribution in [3.63, 3.8) is 0 Å². The van der Waals surface area contributed by atoms with Gasteiger partial charge in [-0.1, -0.05) is 12.0 Å². The second-order valence-electron chi connectivity index (χ2n) is 4.57. The van der Waals surface area contributed by atoms with Crippen LogP contribution in [0, 0.1) is 0 Å². The van der Waals surface area contributed by atoms with Crippen LogP contribution in [0.4, 0.5) is 6.01 Å². The number of nitrogens with one attached hydrogen (secondary N) is 1. The molecule has 1 N–H and O–H groups in total. The summed E-state index contributed by atoms with van der Waals surface area (Å²) >= 11 is 0. The van der Waals surface area contributed by atoms with E-state index in [2.05, 4.69) is 27.3 Å². The lowest BCUT2D eigenvalue weighted by molar-refractivity contribution is 0.203. The van der Waals surface area contributed by atoms with Crippen LogP contribution in [0.5, 0.6) is 0 Å². The lowest BCUT2D eigenvalue weighted by Gasteiger charge is -2.18. The van der Waals surface area contributed by atoms with Gasteiger partial charge in [0.2, 0.25) is 5.89 Å². The molecule has 6 nitrogen and oxygen atoms in total. The first kappa shape index (κ1) is 13.3. The third kappa shape index (κ3) is 3.68. The van der Waals surface area contributed by atoms with Gasteiger partial charge in [-0.3, -0.25) is 0 Å². The van der Waals surface area contributed by atoms with Gasteiger partial charge in [-0.05, 0) is 25.8 Å². The monoisotopic (exact) mass is 254 g/mol. The van der Waals surface area contributed by atoms with Gasteiger partial charge in [0.05, 0.1) is 13.2 Å². The highest BCUT2D eigenvalue weighted by Crippen LogP contribution is 2.30. The predicted octanol–water partition coefficient (Wildman–Crippen LogP) is 1.18. The molecule has 0 amide bonds. The summed E-state index contributed by atoms with van der Waals surface area (Å²) in [5.41, 5.74) is 0. The Morgan fingerprint density at radius 1 is 1.44 bits per heavy atom. The Bertz CT molecular complexity index is 352. The second-order valence-corrected chi connectivity index (χ2v) is 4.57. The van der Waals surface area contributed by atoms with Gasteiger partial charge >= 0.3 is 6.01 Å². The number of rotatable bonds is 9. The van der Waals surface area contributed by atoms with E-state index >= 15 is 0 Å². The fourth-order valence-corrected chi connectivity index (χ4v) is 1.81. The third-order valence-corrected chi connectivity index (χ3v) is 2.93. The Hall–Kier alpha value is -1.14. The number of anilines is 1. The van der Waals surface area contributed by atoms with Crippen molar-refractivity contribution in [1.29, 1.82) is 0 Å². The van der Waals surface area contributed by atoms with E-state index in [9.17, 15) is 0 Å². The van der Waals surface area contributed by atoms with E-state index in [0.29, 0.717) is 31.1 Å². The van der Waals surface area contributed by atoms with Crippen LogP contribution in [-0.4, -0.2) is 43.0 Å². The fraction of sp³-hybridized carbons (Fsp3) is 0.833. The van der Waals surface area contributed by atoms with Crippen molar-refractivity contribution in [1.82, 2.24) is 15.5 Å². The zero-order chi connectivity index (χ0) is 12.8. The molecule has 0 spiro atoms. The van der Waals surface area contributed by atoms with E-state index in [0.717, 1.165) is 19.5 Å². The van der Waals surface area contributed by atoms with Crippen LogP contribution in [0.1, 0.15) is 32.1 Å². The van der Waals surface area contributed by atoms with Crippen LogP contribution < -0.4 is 10.2 Å². The van der Waals surface area contributed by atoms with Crippen LogP contribution in [-0.2, 0) is 11.3 Å². The Balaban J connectivity index is 1.89. The summed E-state index contributed by atoms with van der Waals surface area (Å²) in [5, 5.41) is 11.4. The molecule has 0 aromatic carbocycles. The van der Waals surface area contributed by atoms with Crippen molar-refractivity contribution in [2.24, 2.45) is 0 Å². The zero-order valence-electron chi connectivity index (χ0n) is 11.2. The Morgan fingerprint density at radius 2 is 2.28 bits per heavy atom. The Labute approximate surface area is 108 Å². The van der Waals surface area contributed by atoms with E-state index in [4.69, 9.17) is 9.15 Å². The lowest BCUT2D eigenvalue weighted by atomic mass is 10.5. The molecule has 2 rings (SSSR count). The summed E-state index contributed by atoms with van der Waals surface area (Å²) in [6.07, 6.45) is 3.51. The molecule has 1 aliphatic carbocycles. The normalized spacial score (nSPS) is 15.0. The number of nitrogens with zero attached hydrogens (tertiary/aromatic N) is 3. The first-order chi connectivity index (χ1) is 8.85. The molecule has 18 heavy (non-hydrogen) atoms. The fourth-order valence-electron chi connectivity index (χ4n) is 1.81. The molecule has 1 fully saturated rings. The maximum atomic E-state index is 5.68. The average Bonchev–Trinajstić information content (AvgIpc) is 3.10. The van der Waals surface area contributed by atoms with Crippen molar-refractivity contribution in [2.75, 3.05) is 31.7 Å². The zero-order valence-corrected chi connectivity index (χ0v) is 11.2. The average molecular weight is 254 g/mol. The molecule has 1 heterocycles. The molecular weight excluding hydrogens is 232 g/mol. The summed E-state index contributed by atoms with van der Waals surface area (Å²) in [4.78, 5) is 2.15. The third-order valence-electron chi connectivity index (χ3n) is 2.93.